The SMILES string of the molecule is CC(=O)N1CCO[C@@H](Cc2ccc(F)cc2)C1. The molecular formula is C13H16FNO2. The molecule has 2 rings (SSSR count). The smallest absolute Gasteiger partial charge is 0.219 e. The first-order chi connectivity index (χ1) is 8.15. The topological polar surface area (TPSA) is 29.5 Å². The lowest BCUT2D eigenvalue weighted by Gasteiger charge is -2.32. The van der Waals surface area contributed by atoms with Gasteiger partial charge in [-0.15, -0.1) is 0 Å². The van der Waals surface area contributed by atoms with Gasteiger partial charge in [-0.05, 0) is 17.7 Å². The quantitative estimate of drug-likeness (QED) is 0.782. The summed E-state index contributed by atoms with van der Waals surface area (Å²) in [7, 11) is 0. The first-order valence-corrected chi connectivity index (χ1v) is 5.76. The fourth-order valence-electron chi connectivity index (χ4n) is 2.01. The zero-order chi connectivity index (χ0) is 12.3. The van der Waals surface area contributed by atoms with Crippen LogP contribution in [0, 0.1) is 5.82 Å². The molecule has 1 fully saturated rings. The van der Waals surface area contributed by atoms with Crippen molar-refractivity contribution in [3.05, 3.63) is 35.6 Å². The van der Waals surface area contributed by atoms with Crippen molar-refractivity contribution in [3.63, 3.8) is 0 Å². The third-order valence-corrected chi connectivity index (χ3v) is 2.96. The second-order valence-electron chi connectivity index (χ2n) is 4.29. The number of benzene rings is 1. The molecule has 0 unspecified atom stereocenters. The number of halogens is 1. The largest absolute Gasteiger partial charge is 0.374 e. The molecule has 1 aromatic carbocycles. The van der Waals surface area contributed by atoms with Crippen molar-refractivity contribution in [1.29, 1.82) is 0 Å². The molecule has 17 heavy (non-hydrogen) atoms. The van der Waals surface area contributed by atoms with Gasteiger partial charge in [0.15, 0.2) is 0 Å². The fraction of sp³-hybridized carbons (Fsp3) is 0.462. The monoisotopic (exact) mass is 237 g/mol. The van der Waals surface area contributed by atoms with Crippen molar-refractivity contribution < 1.29 is 13.9 Å². The van der Waals surface area contributed by atoms with Crippen LogP contribution in [0.15, 0.2) is 24.3 Å². The molecule has 4 heteroatoms. The molecule has 0 N–H and O–H groups in total. The van der Waals surface area contributed by atoms with E-state index >= 15 is 0 Å². The van der Waals surface area contributed by atoms with E-state index in [1.54, 1.807) is 24.0 Å². The fourth-order valence-corrected chi connectivity index (χ4v) is 2.01. The van der Waals surface area contributed by atoms with Gasteiger partial charge in [-0.2, -0.15) is 0 Å². The summed E-state index contributed by atoms with van der Waals surface area (Å²) in [6.45, 7) is 3.42. The summed E-state index contributed by atoms with van der Waals surface area (Å²) in [5.41, 5.74) is 1.03. The van der Waals surface area contributed by atoms with E-state index in [0.717, 1.165) is 5.56 Å². The predicted octanol–water partition coefficient (Wildman–Crippen LogP) is 1.62. The van der Waals surface area contributed by atoms with E-state index < -0.39 is 0 Å². The highest BCUT2D eigenvalue weighted by atomic mass is 19.1. The molecule has 3 nitrogen and oxygen atoms in total. The van der Waals surface area contributed by atoms with Gasteiger partial charge in [0.1, 0.15) is 5.82 Å². The van der Waals surface area contributed by atoms with E-state index in [-0.39, 0.29) is 17.8 Å². The molecular weight excluding hydrogens is 221 g/mol. The number of nitrogens with zero attached hydrogens (tertiary/aromatic N) is 1. The van der Waals surface area contributed by atoms with Gasteiger partial charge in [-0.1, -0.05) is 12.1 Å². The molecule has 1 aromatic rings. The Kier molecular flexibility index (Phi) is 3.74. The van der Waals surface area contributed by atoms with Crippen molar-refractivity contribution in [2.45, 2.75) is 19.4 Å². The average Bonchev–Trinajstić information content (AvgIpc) is 2.32. The van der Waals surface area contributed by atoms with Gasteiger partial charge < -0.3 is 9.64 Å². The summed E-state index contributed by atoms with van der Waals surface area (Å²) >= 11 is 0. The van der Waals surface area contributed by atoms with Crippen molar-refractivity contribution >= 4 is 5.91 Å². The minimum absolute atomic E-state index is 0.0121. The van der Waals surface area contributed by atoms with Crippen LogP contribution in [0.5, 0.6) is 0 Å². The number of hydrogen-bond donors (Lipinski definition) is 0. The van der Waals surface area contributed by atoms with E-state index in [1.165, 1.54) is 12.1 Å². The van der Waals surface area contributed by atoms with Gasteiger partial charge in [0.05, 0.1) is 12.7 Å². The number of carbonyl (C=O) groups is 1. The Morgan fingerprint density at radius 3 is 2.82 bits per heavy atom. The summed E-state index contributed by atoms with van der Waals surface area (Å²) < 4.78 is 18.4. The van der Waals surface area contributed by atoms with E-state index in [9.17, 15) is 9.18 Å². The predicted molar refractivity (Wildman–Crippen MR) is 62.1 cm³/mol. The number of hydrogen-bond acceptors (Lipinski definition) is 2. The van der Waals surface area contributed by atoms with Crippen molar-refractivity contribution in [2.75, 3.05) is 19.7 Å². The molecule has 0 radical (unpaired) electrons. The van der Waals surface area contributed by atoms with Crippen LogP contribution >= 0.6 is 0 Å². The lowest BCUT2D eigenvalue weighted by atomic mass is 10.1. The minimum atomic E-state index is -0.233. The minimum Gasteiger partial charge on any atom is -0.374 e. The molecule has 1 amide bonds. The third kappa shape index (κ3) is 3.27. The van der Waals surface area contributed by atoms with Crippen LogP contribution in [0.4, 0.5) is 4.39 Å². The number of morpholine rings is 1. The highest BCUT2D eigenvalue weighted by Crippen LogP contribution is 2.12. The highest BCUT2D eigenvalue weighted by molar-refractivity contribution is 5.73. The standard InChI is InChI=1S/C13H16FNO2/c1-10(16)15-6-7-17-13(9-15)8-11-2-4-12(14)5-3-11/h2-5,13H,6-9H2,1H3/t13-/m0/s1. The number of carbonyl (C=O) groups excluding carboxylic acids is 1. The Balaban J connectivity index is 1.94. The second kappa shape index (κ2) is 5.27. The van der Waals surface area contributed by atoms with Crippen LogP contribution < -0.4 is 0 Å². The molecule has 1 atom stereocenters. The van der Waals surface area contributed by atoms with E-state index in [1.807, 2.05) is 0 Å². The van der Waals surface area contributed by atoms with E-state index in [0.29, 0.717) is 26.1 Å². The van der Waals surface area contributed by atoms with Crippen molar-refractivity contribution in [3.8, 4) is 0 Å². The molecule has 0 aromatic heterocycles. The average molecular weight is 237 g/mol. The molecule has 0 saturated carbocycles. The normalized spacial score (nSPS) is 20.4. The highest BCUT2D eigenvalue weighted by Gasteiger charge is 2.22. The first-order valence-electron chi connectivity index (χ1n) is 5.76. The lowest BCUT2D eigenvalue weighted by Crippen LogP contribution is -2.45. The molecule has 1 aliphatic rings. The van der Waals surface area contributed by atoms with Gasteiger partial charge in [0.2, 0.25) is 5.91 Å². The summed E-state index contributed by atoms with van der Waals surface area (Å²) in [5, 5.41) is 0. The first kappa shape index (κ1) is 12.0. The maximum Gasteiger partial charge on any atom is 0.219 e. The zero-order valence-corrected chi connectivity index (χ0v) is 9.86. The number of amides is 1. The van der Waals surface area contributed by atoms with Gasteiger partial charge >= 0.3 is 0 Å². The summed E-state index contributed by atoms with van der Waals surface area (Å²) in [6, 6.07) is 6.40. The second-order valence-corrected chi connectivity index (χ2v) is 4.29. The van der Waals surface area contributed by atoms with Crippen LogP contribution in [0.1, 0.15) is 12.5 Å². The Hall–Kier alpha value is -1.42. The molecule has 0 spiro atoms. The van der Waals surface area contributed by atoms with Gasteiger partial charge in [0, 0.05) is 26.4 Å². The Bertz CT molecular complexity index is 391. The molecule has 0 aliphatic carbocycles. The summed E-state index contributed by atoms with van der Waals surface area (Å²) in [6.07, 6.45) is 0.725. The lowest BCUT2D eigenvalue weighted by molar-refractivity contribution is -0.136. The third-order valence-electron chi connectivity index (χ3n) is 2.96. The van der Waals surface area contributed by atoms with E-state index in [2.05, 4.69) is 0 Å². The van der Waals surface area contributed by atoms with Crippen LogP contribution in [0.25, 0.3) is 0 Å². The molecule has 92 valence electrons. The Labute approximate surface area is 100 Å². The Morgan fingerprint density at radius 2 is 2.18 bits per heavy atom. The molecule has 1 saturated heterocycles. The van der Waals surface area contributed by atoms with Gasteiger partial charge in [-0.3, -0.25) is 4.79 Å². The summed E-state index contributed by atoms with van der Waals surface area (Å²) in [5.74, 6) is -0.152. The van der Waals surface area contributed by atoms with E-state index in [4.69, 9.17) is 4.74 Å². The van der Waals surface area contributed by atoms with Crippen LogP contribution in [-0.2, 0) is 16.0 Å². The number of ether oxygens (including phenoxy) is 1. The van der Waals surface area contributed by atoms with Crippen molar-refractivity contribution in [2.24, 2.45) is 0 Å². The van der Waals surface area contributed by atoms with Crippen LogP contribution in [0.3, 0.4) is 0 Å². The van der Waals surface area contributed by atoms with Gasteiger partial charge in [0.25, 0.3) is 0 Å². The number of rotatable bonds is 2. The maximum absolute atomic E-state index is 12.7. The molecule has 1 heterocycles. The van der Waals surface area contributed by atoms with Crippen LogP contribution in [-0.4, -0.2) is 36.6 Å². The zero-order valence-electron chi connectivity index (χ0n) is 9.86. The maximum atomic E-state index is 12.7. The molecule has 1 aliphatic heterocycles. The molecule has 0 bridgehead atoms. The van der Waals surface area contributed by atoms with Crippen molar-refractivity contribution in [1.82, 2.24) is 4.90 Å². The van der Waals surface area contributed by atoms with Crippen LogP contribution in [0.2, 0.25) is 0 Å². The van der Waals surface area contributed by atoms with Gasteiger partial charge in [-0.25, -0.2) is 4.39 Å². The summed E-state index contributed by atoms with van der Waals surface area (Å²) in [4.78, 5) is 13.1. The Morgan fingerprint density at radius 1 is 1.47 bits per heavy atom.